The number of hydrogen-bond donors (Lipinski definition) is 0. The monoisotopic (exact) mass is 453 g/mol. The van der Waals surface area contributed by atoms with E-state index in [1.807, 2.05) is 6.26 Å². The van der Waals surface area contributed by atoms with Crippen molar-refractivity contribution in [1.29, 1.82) is 0 Å². The van der Waals surface area contributed by atoms with Crippen molar-refractivity contribution < 1.29 is 8.42 Å². The highest BCUT2D eigenvalue weighted by Crippen LogP contribution is 2.21. The van der Waals surface area contributed by atoms with E-state index in [-0.39, 0.29) is 22.8 Å². The molecule has 3 rings (SSSR count). The number of fused-ring (bicyclic) bond motifs is 1. The van der Waals surface area contributed by atoms with Crippen molar-refractivity contribution >= 4 is 48.6 Å². The summed E-state index contributed by atoms with van der Waals surface area (Å²) in [5, 5.41) is 1.24. The van der Waals surface area contributed by atoms with E-state index in [1.54, 1.807) is 43.5 Å². The van der Waals surface area contributed by atoms with E-state index in [9.17, 15) is 13.2 Å². The number of thioether (sulfide) groups is 1. The predicted molar refractivity (Wildman–Crippen MR) is 107 cm³/mol. The molecule has 9 heteroatoms. The topological polar surface area (TPSA) is 81.9 Å². The minimum absolute atomic E-state index is 0.00304. The van der Waals surface area contributed by atoms with E-state index in [0.717, 1.165) is 0 Å². The van der Waals surface area contributed by atoms with Crippen molar-refractivity contribution in [2.24, 2.45) is 0 Å². The highest BCUT2D eigenvalue weighted by atomic mass is 79.9. The SMILES string of the molecule is CCS(=O)(=O)c1ccccc1Cn1c(=O)c(Br)cc2cnc(SC)nc21. The third-order valence-electron chi connectivity index (χ3n) is 3.96. The van der Waals surface area contributed by atoms with Crippen LogP contribution in [0.25, 0.3) is 11.0 Å². The molecule has 0 bridgehead atoms. The van der Waals surface area contributed by atoms with Crippen LogP contribution in [0.3, 0.4) is 0 Å². The Morgan fingerprint density at radius 2 is 2.00 bits per heavy atom. The molecule has 0 N–H and O–H groups in total. The molecule has 3 aromatic rings. The fraction of sp³-hybridized carbons (Fsp3) is 0.235. The van der Waals surface area contributed by atoms with Crippen molar-refractivity contribution in [1.82, 2.24) is 14.5 Å². The first kappa shape index (κ1) is 19.1. The Hall–Kier alpha value is -1.71. The molecule has 6 nitrogen and oxygen atoms in total. The highest BCUT2D eigenvalue weighted by Gasteiger charge is 2.18. The number of benzene rings is 1. The van der Waals surface area contributed by atoms with Gasteiger partial charge in [0.05, 0.1) is 21.7 Å². The normalized spacial score (nSPS) is 11.8. The Morgan fingerprint density at radius 1 is 1.27 bits per heavy atom. The molecule has 26 heavy (non-hydrogen) atoms. The maximum Gasteiger partial charge on any atom is 0.266 e. The lowest BCUT2D eigenvalue weighted by Gasteiger charge is -2.14. The number of aromatic nitrogens is 3. The number of pyridine rings is 1. The number of hydrogen-bond acceptors (Lipinski definition) is 6. The van der Waals surface area contributed by atoms with Gasteiger partial charge in [-0.25, -0.2) is 18.4 Å². The molecule has 0 aliphatic heterocycles. The van der Waals surface area contributed by atoms with Gasteiger partial charge in [0.1, 0.15) is 5.65 Å². The standard InChI is InChI=1S/C17H16BrN3O3S2/c1-3-26(23,24)14-7-5-4-6-11(14)10-21-15-12(8-13(18)16(21)22)9-19-17(20-15)25-2/h4-9H,3,10H2,1-2H3. The van der Waals surface area contributed by atoms with Crippen LogP contribution in [0.15, 0.2) is 55.8 Å². The summed E-state index contributed by atoms with van der Waals surface area (Å²) in [6, 6.07) is 8.41. The average Bonchev–Trinajstić information content (AvgIpc) is 2.65. The Balaban J connectivity index is 2.25. The lowest BCUT2D eigenvalue weighted by Crippen LogP contribution is -2.23. The smallest absolute Gasteiger partial charge is 0.266 e. The second kappa shape index (κ2) is 7.50. The molecule has 0 atom stereocenters. The molecule has 0 fully saturated rings. The van der Waals surface area contributed by atoms with Gasteiger partial charge in [0, 0.05) is 11.6 Å². The molecule has 2 heterocycles. The first-order valence-corrected chi connectivity index (χ1v) is 11.4. The Morgan fingerprint density at radius 3 is 2.69 bits per heavy atom. The summed E-state index contributed by atoms with van der Waals surface area (Å²) in [5.74, 6) is -0.00304. The van der Waals surface area contributed by atoms with Gasteiger partial charge in [-0.2, -0.15) is 0 Å². The van der Waals surface area contributed by atoms with Crippen molar-refractivity contribution in [2.75, 3.05) is 12.0 Å². The largest absolute Gasteiger partial charge is 0.287 e. The van der Waals surface area contributed by atoms with Gasteiger partial charge in [-0.15, -0.1) is 0 Å². The molecule has 0 radical (unpaired) electrons. The van der Waals surface area contributed by atoms with E-state index >= 15 is 0 Å². The molecule has 0 aliphatic rings. The summed E-state index contributed by atoms with van der Waals surface area (Å²) < 4.78 is 26.7. The maximum absolute atomic E-state index is 12.7. The summed E-state index contributed by atoms with van der Waals surface area (Å²) in [6.45, 7) is 1.71. The molecular weight excluding hydrogens is 438 g/mol. The van der Waals surface area contributed by atoms with Crippen LogP contribution in [0.5, 0.6) is 0 Å². The maximum atomic E-state index is 12.7. The second-order valence-corrected chi connectivity index (χ2v) is 9.40. The van der Waals surface area contributed by atoms with Gasteiger partial charge in [0.15, 0.2) is 15.0 Å². The summed E-state index contributed by atoms with van der Waals surface area (Å²) in [6.07, 6.45) is 3.51. The zero-order valence-corrected chi connectivity index (χ0v) is 17.4. The molecule has 0 saturated heterocycles. The van der Waals surface area contributed by atoms with E-state index in [1.165, 1.54) is 16.3 Å². The molecule has 0 amide bonds. The highest BCUT2D eigenvalue weighted by molar-refractivity contribution is 9.10. The fourth-order valence-corrected chi connectivity index (χ4v) is 4.54. The molecule has 136 valence electrons. The van der Waals surface area contributed by atoms with Crippen LogP contribution in [-0.2, 0) is 16.4 Å². The van der Waals surface area contributed by atoms with Gasteiger partial charge in [-0.1, -0.05) is 36.9 Å². The number of halogens is 1. The van der Waals surface area contributed by atoms with Gasteiger partial charge in [0.25, 0.3) is 5.56 Å². The van der Waals surface area contributed by atoms with Crippen molar-refractivity contribution in [2.45, 2.75) is 23.5 Å². The van der Waals surface area contributed by atoms with Crippen LogP contribution in [0, 0.1) is 0 Å². The van der Waals surface area contributed by atoms with Crippen molar-refractivity contribution in [3.05, 3.63) is 56.9 Å². The first-order valence-electron chi connectivity index (χ1n) is 7.78. The lowest BCUT2D eigenvalue weighted by atomic mass is 10.2. The van der Waals surface area contributed by atoms with Crippen molar-refractivity contribution in [3.8, 4) is 0 Å². The summed E-state index contributed by atoms with van der Waals surface area (Å²) in [7, 11) is -3.40. The molecule has 2 aromatic heterocycles. The lowest BCUT2D eigenvalue weighted by molar-refractivity contribution is 0.595. The van der Waals surface area contributed by atoms with Crippen LogP contribution in [-0.4, -0.2) is 35.0 Å². The van der Waals surface area contributed by atoms with Crippen LogP contribution >= 0.6 is 27.7 Å². The third kappa shape index (κ3) is 3.56. The first-order chi connectivity index (χ1) is 12.4. The molecule has 0 aliphatic carbocycles. The number of sulfone groups is 1. The van der Waals surface area contributed by atoms with E-state index in [4.69, 9.17) is 0 Å². The average molecular weight is 454 g/mol. The summed E-state index contributed by atoms with van der Waals surface area (Å²) in [5.41, 5.74) is 0.758. The molecule has 0 saturated carbocycles. The van der Waals surface area contributed by atoms with Gasteiger partial charge in [0.2, 0.25) is 0 Å². The Kier molecular flexibility index (Phi) is 5.50. The van der Waals surface area contributed by atoms with Crippen LogP contribution in [0.4, 0.5) is 0 Å². The van der Waals surface area contributed by atoms with Gasteiger partial charge in [-0.3, -0.25) is 9.36 Å². The van der Waals surface area contributed by atoms with Crippen molar-refractivity contribution in [3.63, 3.8) is 0 Å². The van der Waals surface area contributed by atoms with Gasteiger partial charge in [-0.05, 0) is 39.9 Å². The molecular formula is C17H16BrN3O3S2. The molecule has 0 spiro atoms. The summed E-state index contributed by atoms with van der Waals surface area (Å²) >= 11 is 4.65. The quantitative estimate of drug-likeness (QED) is 0.435. The fourth-order valence-electron chi connectivity index (χ4n) is 2.62. The Labute approximate surface area is 163 Å². The van der Waals surface area contributed by atoms with Crippen LogP contribution in [0.1, 0.15) is 12.5 Å². The Bertz CT molecular complexity index is 1140. The van der Waals surface area contributed by atoms with Crippen LogP contribution < -0.4 is 5.56 Å². The van der Waals surface area contributed by atoms with E-state index in [0.29, 0.717) is 26.2 Å². The van der Waals surface area contributed by atoms with Gasteiger partial charge < -0.3 is 0 Å². The number of nitrogens with zero attached hydrogens (tertiary/aromatic N) is 3. The summed E-state index contributed by atoms with van der Waals surface area (Å²) in [4.78, 5) is 21.6. The number of rotatable bonds is 5. The zero-order chi connectivity index (χ0) is 18.9. The molecule has 1 aromatic carbocycles. The minimum Gasteiger partial charge on any atom is -0.287 e. The van der Waals surface area contributed by atoms with Gasteiger partial charge >= 0.3 is 0 Å². The third-order valence-corrected chi connectivity index (χ3v) is 6.92. The predicted octanol–water partition coefficient (Wildman–Crippen LogP) is 3.12. The molecule has 0 unspecified atom stereocenters. The van der Waals surface area contributed by atoms with E-state index in [2.05, 4.69) is 25.9 Å². The zero-order valence-electron chi connectivity index (χ0n) is 14.1. The minimum atomic E-state index is -3.40. The van der Waals surface area contributed by atoms with E-state index < -0.39 is 9.84 Å². The van der Waals surface area contributed by atoms with Crippen LogP contribution in [0.2, 0.25) is 0 Å². The second-order valence-electron chi connectivity index (χ2n) is 5.53.